The summed E-state index contributed by atoms with van der Waals surface area (Å²) in [5.74, 6) is 0.387. The van der Waals surface area contributed by atoms with E-state index in [9.17, 15) is 18.0 Å². The van der Waals surface area contributed by atoms with Crippen LogP contribution in [0.2, 0.25) is 0 Å². The van der Waals surface area contributed by atoms with Gasteiger partial charge in [0.05, 0.1) is 10.6 Å². The smallest absolute Gasteiger partial charge is 0.264 e. The molecule has 2 amide bonds. The maximum absolute atomic E-state index is 14.0. The Bertz CT molecular complexity index is 1610. The van der Waals surface area contributed by atoms with Gasteiger partial charge in [-0.3, -0.25) is 13.9 Å². The number of hydrogen-bond acceptors (Lipinski definition) is 5. The highest BCUT2D eigenvalue weighted by Crippen LogP contribution is 2.28. The van der Waals surface area contributed by atoms with Crippen LogP contribution in [-0.2, 0) is 26.0 Å². The standard InChI is InChI=1S/C35H39N3O5S/c1-4-24-36-35(40)28(3)37(25-23-29-11-7-5-8-12-29)34(39)26-38(44(41,42)33-21-15-27(2)16-22-33)30-17-19-32(20-18-30)43-31-13-9-6-10-14-31/h5-22,28H,4,23-26H2,1-3H3,(H,36,40)/t28-/m1/s1. The topological polar surface area (TPSA) is 96.0 Å². The van der Waals surface area contributed by atoms with Gasteiger partial charge in [-0.1, -0.05) is 73.2 Å². The molecule has 9 heteroatoms. The summed E-state index contributed by atoms with van der Waals surface area (Å²) in [4.78, 5) is 28.5. The summed E-state index contributed by atoms with van der Waals surface area (Å²) in [6.45, 7) is 5.73. The second-order valence-corrected chi connectivity index (χ2v) is 12.4. The fraction of sp³-hybridized carbons (Fsp3) is 0.257. The molecule has 4 aromatic rings. The van der Waals surface area contributed by atoms with Gasteiger partial charge in [0.15, 0.2) is 0 Å². The molecule has 0 aromatic heterocycles. The first-order chi connectivity index (χ1) is 21.2. The number of carbonyl (C=O) groups is 2. The third kappa shape index (κ3) is 8.48. The summed E-state index contributed by atoms with van der Waals surface area (Å²) in [7, 11) is -4.15. The van der Waals surface area contributed by atoms with Crippen LogP contribution >= 0.6 is 0 Å². The number of nitrogens with one attached hydrogen (secondary N) is 1. The molecule has 0 saturated heterocycles. The van der Waals surface area contributed by atoms with Crippen molar-refractivity contribution in [3.63, 3.8) is 0 Å². The molecule has 0 aliphatic heterocycles. The molecular formula is C35H39N3O5S. The Labute approximate surface area is 260 Å². The number of para-hydroxylation sites is 1. The van der Waals surface area contributed by atoms with Gasteiger partial charge in [0, 0.05) is 13.1 Å². The third-order valence-corrected chi connectivity index (χ3v) is 8.98. The Balaban J connectivity index is 1.66. The van der Waals surface area contributed by atoms with Crippen molar-refractivity contribution < 1.29 is 22.7 Å². The highest BCUT2D eigenvalue weighted by Gasteiger charge is 2.32. The molecule has 0 heterocycles. The number of anilines is 1. The molecule has 0 saturated carbocycles. The van der Waals surface area contributed by atoms with Crippen molar-refractivity contribution >= 4 is 27.5 Å². The van der Waals surface area contributed by atoms with Gasteiger partial charge in [-0.05, 0) is 80.8 Å². The van der Waals surface area contributed by atoms with E-state index in [4.69, 9.17) is 4.74 Å². The van der Waals surface area contributed by atoms with Crippen LogP contribution in [0.1, 0.15) is 31.4 Å². The summed E-state index contributed by atoms with van der Waals surface area (Å²) in [6, 6.07) is 31.2. The molecule has 4 aromatic carbocycles. The Morgan fingerprint density at radius 1 is 0.818 bits per heavy atom. The van der Waals surface area contributed by atoms with Crippen molar-refractivity contribution in [2.24, 2.45) is 0 Å². The van der Waals surface area contributed by atoms with Gasteiger partial charge in [-0.25, -0.2) is 8.42 Å². The molecule has 4 rings (SSSR count). The van der Waals surface area contributed by atoms with Crippen molar-refractivity contribution in [1.82, 2.24) is 10.2 Å². The predicted molar refractivity (Wildman–Crippen MR) is 173 cm³/mol. The molecule has 0 aliphatic carbocycles. The average Bonchev–Trinajstić information content (AvgIpc) is 3.04. The summed E-state index contributed by atoms with van der Waals surface area (Å²) in [5, 5.41) is 2.86. The zero-order valence-corrected chi connectivity index (χ0v) is 26.2. The lowest BCUT2D eigenvalue weighted by Crippen LogP contribution is -2.52. The van der Waals surface area contributed by atoms with Crippen molar-refractivity contribution in [3.8, 4) is 11.5 Å². The van der Waals surface area contributed by atoms with Gasteiger partial charge in [0.2, 0.25) is 11.8 Å². The zero-order valence-electron chi connectivity index (χ0n) is 25.3. The van der Waals surface area contributed by atoms with E-state index in [0.29, 0.717) is 30.2 Å². The first kappa shape index (κ1) is 32.3. The number of nitrogens with zero attached hydrogens (tertiary/aromatic N) is 2. The number of hydrogen-bond donors (Lipinski definition) is 1. The monoisotopic (exact) mass is 613 g/mol. The van der Waals surface area contributed by atoms with Crippen LogP contribution in [0.3, 0.4) is 0 Å². The highest BCUT2D eigenvalue weighted by atomic mass is 32.2. The summed E-state index contributed by atoms with van der Waals surface area (Å²) in [5.41, 5.74) is 2.21. The Kier molecular flexibility index (Phi) is 11.2. The van der Waals surface area contributed by atoms with Crippen LogP contribution in [0, 0.1) is 6.92 Å². The number of carbonyl (C=O) groups excluding carboxylic acids is 2. The lowest BCUT2D eigenvalue weighted by Gasteiger charge is -2.32. The second kappa shape index (κ2) is 15.2. The largest absolute Gasteiger partial charge is 0.457 e. The Morgan fingerprint density at radius 3 is 2.02 bits per heavy atom. The molecule has 0 bridgehead atoms. The summed E-state index contributed by atoms with van der Waals surface area (Å²) >= 11 is 0. The average molecular weight is 614 g/mol. The van der Waals surface area contributed by atoms with E-state index in [-0.39, 0.29) is 17.3 Å². The Morgan fingerprint density at radius 2 is 1.41 bits per heavy atom. The number of ether oxygens (including phenoxy) is 1. The quantitative estimate of drug-likeness (QED) is 0.189. The zero-order chi connectivity index (χ0) is 31.5. The van der Waals surface area contributed by atoms with Crippen LogP contribution in [-0.4, -0.2) is 50.8 Å². The molecular weight excluding hydrogens is 574 g/mol. The van der Waals surface area contributed by atoms with Gasteiger partial charge in [0.1, 0.15) is 24.1 Å². The molecule has 8 nitrogen and oxygen atoms in total. The van der Waals surface area contributed by atoms with E-state index in [1.165, 1.54) is 17.0 Å². The molecule has 0 aliphatic rings. The van der Waals surface area contributed by atoms with Crippen molar-refractivity contribution in [2.75, 3.05) is 23.9 Å². The molecule has 0 fully saturated rings. The van der Waals surface area contributed by atoms with Gasteiger partial charge < -0.3 is 15.0 Å². The SMILES string of the molecule is CCCNC(=O)[C@@H](C)N(CCc1ccccc1)C(=O)CN(c1ccc(Oc2ccccc2)cc1)S(=O)(=O)c1ccc(C)cc1. The maximum Gasteiger partial charge on any atom is 0.264 e. The van der Waals surface area contributed by atoms with E-state index < -0.39 is 28.5 Å². The molecule has 230 valence electrons. The molecule has 0 spiro atoms. The fourth-order valence-electron chi connectivity index (χ4n) is 4.64. The fourth-order valence-corrected chi connectivity index (χ4v) is 6.05. The maximum atomic E-state index is 14.0. The number of rotatable bonds is 14. The van der Waals surface area contributed by atoms with Crippen LogP contribution in [0.4, 0.5) is 5.69 Å². The van der Waals surface area contributed by atoms with Crippen molar-refractivity contribution in [1.29, 1.82) is 0 Å². The normalized spacial score (nSPS) is 11.8. The van der Waals surface area contributed by atoms with Gasteiger partial charge in [0.25, 0.3) is 10.0 Å². The molecule has 0 radical (unpaired) electrons. The minimum Gasteiger partial charge on any atom is -0.457 e. The van der Waals surface area contributed by atoms with Gasteiger partial charge in [-0.15, -0.1) is 0 Å². The minimum absolute atomic E-state index is 0.0603. The van der Waals surface area contributed by atoms with Crippen molar-refractivity contribution in [2.45, 2.75) is 44.6 Å². The predicted octanol–water partition coefficient (Wildman–Crippen LogP) is 5.97. The molecule has 1 atom stereocenters. The van der Waals surface area contributed by atoms with Crippen LogP contribution in [0.5, 0.6) is 11.5 Å². The van der Waals surface area contributed by atoms with E-state index in [1.807, 2.05) is 74.5 Å². The van der Waals surface area contributed by atoms with E-state index in [1.54, 1.807) is 43.3 Å². The number of sulfonamides is 1. The summed E-state index contributed by atoms with van der Waals surface area (Å²) < 4.78 is 35.1. The second-order valence-electron chi connectivity index (χ2n) is 10.5. The molecule has 0 unspecified atom stereocenters. The molecule has 44 heavy (non-hydrogen) atoms. The third-order valence-electron chi connectivity index (χ3n) is 7.19. The first-order valence-corrected chi connectivity index (χ1v) is 16.2. The van der Waals surface area contributed by atoms with Crippen LogP contribution in [0.15, 0.2) is 114 Å². The Hall–Kier alpha value is -4.63. The van der Waals surface area contributed by atoms with Gasteiger partial charge >= 0.3 is 0 Å². The number of aryl methyl sites for hydroxylation is 1. The lowest BCUT2D eigenvalue weighted by molar-refractivity contribution is -0.138. The lowest BCUT2D eigenvalue weighted by atomic mass is 10.1. The number of amides is 2. The van der Waals surface area contributed by atoms with Gasteiger partial charge in [-0.2, -0.15) is 0 Å². The van der Waals surface area contributed by atoms with E-state index in [2.05, 4.69) is 5.32 Å². The van der Waals surface area contributed by atoms with Crippen LogP contribution < -0.4 is 14.4 Å². The minimum atomic E-state index is -4.15. The molecule has 1 N–H and O–H groups in total. The summed E-state index contributed by atoms with van der Waals surface area (Å²) in [6.07, 6.45) is 1.26. The van der Waals surface area contributed by atoms with Crippen LogP contribution in [0.25, 0.3) is 0 Å². The number of benzene rings is 4. The first-order valence-electron chi connectivity index (χ1n) is 14.7. The van der Waals surface area contributed by atoms with E-state index >= 15 is 0 Å². The highest BCUT2D eigenvalue weighted by molar-refractivity contribution is 7.92. The van der Waals surface area contributed by atoms with E-state index in [0.717, 1.165) is 21.9 Å². The van der Waals surface area contributed by atoms with Crippen molar-refractivity contribution in [3.05, 3.63) is 120 Å².